The number of hydrogen-bond donors (Lipinski definition) is 2. The van der Waals surface area contributed by atoms with Gasteiger partial charge in [-0.1, -0.05) is 165 Å². The molecular weight excluding hydrogens is 709 g/mol. The molecule has 8 nitrogen and oxygen atoms in total. The number of phosphoric ester groups is 1. The van der Waals surface area contributed by atoms with E-state index in [1.165, 1.54) is 116 Å². The monoisotopic (exact) mass is 796 g/mol. The lowest BCUT2D eigenvalue weighted by Gasteiger charge is -2.20. The van der Waals surface area contributed by atoms with Crippen molar-refractivity contribution < 1.29 is 32.8 Å². The quantitative estimate of drug-likeness (QED) is 0.0271. The van der Waals surface area contributed by atoms with Crippen LogP contribution in [0.3, 0.4) is 0 Å². The van der Waals surface area contributed by atoms with Crippen LogP contribution in [0.2, 0.25) is 0 Å². The predicted octanol–water partition coefficient (Wildman–Crippen LogP) is 13.6. The third-order valence-corrected chi connectivity index (χ3v) is 10.5. The molecule has 0 bridgehead atoms. The van der Waals surface area contributed by atoms with Crippen LogP contribution in [0.25, 0.3) is 0 Å². The third-order valence-electron chi connectivity index (χ3n) is 9.47. The van der Waals surface area contributed by atoms with Gasteiger partial charge in [-0.2, -0.15) is 0 Å². The van der Waals surface area contributed by atoms with E-state index in [2.05, 4.69) is 62.5 Å². The molecule has 0 heterocycles. The van der Waals surface area contributed by atoms with E-state index in [-0.39, 0.29) is 32.3 Å². The Morgan fingerprint density at radius 2 is 0.964 bits per heavy atom. The van der Waals surface area contributed by atoms with Crippen LogP contribution in [-0.2, 0) is 27.9 Å². The molecule has 0 saturated carbocycles. The molecule has 0 spiro atoms. The zero-order chi connectivity index (χ0) is 40.2. The van der Waals surface area contributed by atoms with Crippen molar-refractivity contribution >= 4 is 13.8 Å². The van der Waals surface area contributed by atoms with Gasteiger partial charge in [-0.05, 0) is 77.0 Å². The van der Waals surface area contributed by atoms with Crippen LogP contribution in [0.5, 0.6) is 0 Å². The van der Waals surface area contributed by atoms with Crippen LogP contribution in [0.4, 0.5) is 0 Å². The number of allylic oxidation sites excluding steroid dienone is 8. The van der Waals surface area contributed by atoms with Crippen molar-refractivity contribution in [1.82, 2.24) is 0 Å². The Labute approximate surface area is 339 Å². The Morgan fingerprint density at radius 3 is 1.49 bits per heavy atom. The minimum Gasteiger partial charge on any atom is -0.457 e. The average Bonchev–Trinajstić information content (AvgIpc) is 3.17. The van der Waals surface area contributed by atoms with Crippen LogP contribution in [-0.4, -0.2) is 49.9 Å². The topological polar surface area (TPSA) is 117 Å². The molecule has 0 aliphatic carbocycles. The maximum absolute atomic E-state index is 12.6. The molecule has 0 aliphatic rings. The van der Waals surface area contributed by atoms with E-state index in [1.807, 2.05) is 0 Å². The van der Waals surface area contributed by atoms with Crippen molar-refractivity contribution in [3.63, 3.8) is 0 Å². The van der Waals surface area contributed by atoms with Crippen molar-refractivity contribution in [3.05, 3.63) is 48.6 Å². The molecule has 0 saturated heterocycles. The fourth-order valence-corrected chi connectivity index (χ4v) is 6.88. The van der Waals surface area contributed by atoms with Gasteiger partial charge in [0.05, 0.1) is 19.8 Å². The molecule has 0 aliphatic heterocycles. The highest BCUT2D eigenvalue weighted by atomic mass is 31.2. The first-order chi connectivity index (χ1) is 26.9. The highest BCUT2D eigenvalue weighted by Gasteiger charge is 2.25. The fraction of sp³-hybridized carbons (Fsp3) is 0.804. The van der Waals surface area contributed by atoms with Crippen LogP contribution in [0.15, 0.2) is 48.6 Å². The van der Waals surface area contributed by atoms with Gasteiger partial charge in [0, 0.05) is 19.6 Å². The minimum atomic E-state index is -4.28. The van der Waals surface area contributed by atoms with E-state index in [4.69, 9.17) is 24.3 Å². The lowest BCUT2D eigenvalue weighted by molar-refractivity contribution is -0.154. The molecule has 3 N–H and O–H groups in total. The molecule has 0 aromatic carbocycles. The molecule has 2 unspecified atom stereocenters. The highest BCUT2D eigenvalue weighted by Crippen LogP contribution is 2.43. The molecule has 0 amide bonds. The number of nitrogens with two attached hydrogens (primary N) is 1. The molecule has 0 aromatic rings. The largest absolute Gasteiger partial charge is 0.472 e. The summed E-state index contributed by atoms with van der Waals surface area (Å²) in [5.41, 5.74) is 5.37. The molecule has 9 heteroatoms. The second-order valence-corrected chi connectivity index (χ2v) is 16.4. The highest BCUT2D eigenvalue weighted by molar-refractivity contribution is 7.47. The van der Waals surface area contributed by atoms with Gasteiger partial charge in [-0.3, -0.25) is 13.8 Å². The molecule has 0 radical (unpaired) electrons. The number of ether oxygens (including phenoxy) is 2. The van der Waals surface area contributed by atoms with E-state index in [9.17, 15) is 14.3 Å². The SMILES string of the molecule is CCCCC/C=C\C/C=C\C/C=C\CCCCCCCCCOCC(COP(=O)(O)OCCN)OC(=O)CCCCCCC/C=C\CCCCCCCCC. The van der Waals surface area contributed by atoms with Gasteiger partial charge in [0.1, 0.15) is 6.10 Å². The number of esters is 1. The average molecular weight is 796 g/mol. The van der Waals surface area contributed by atoms with E-state index >= 15 is 0 Å². The first-order valence-electron chi connectivity index (χ1n) is 22.6. The third kappa shape index (κ3) is 43.4. The number of carbonyl (C=O) groups is 1. The number of rotatable bonds is 43. The molecule has 2 atom stereocenters. The van der Waals surface area contributed by atoms with Crippen molar-refractivity contribution in [3.8, 4) is 0 Å². The molecule has 0 aromatic heterocycles. The van der Waals surface area contributed by atoms with Gasteiger partial charge in [0.2, 0.25) is 0 Å². The van der Waals surface area contributed by atoms with Crippen LogP contribution >= 0.6 is 7.82 Å². The van der Waals surface area contributed by atoms with E-state index in [0.717, 1.165) is 64.2 Å². The second-order valence-electron chi connectivity index (χ2n) is 14.9. The lowest BCUT2D eigenvalue weighted by Crippen LogP contribution is -2.28. The van der Waals surface area contributed by atoms with Gasteiger partial charge < -0.3 is 20.1 Å². The van der Waals surface area contributed by atoms with Gasteiger partial charge in [-0.25, -0.2) is 4.57 Å². The van der Waals surface area contributed by atoms with Crippen LogP contribution in [0.1, 0.15) is 200 Å². The van der Waals surface area contributed by atoms with Crippen molar-refractivity contribution in [2.24, 2.45) is 5.73 Å². The van der Waals surface area contributed by atoms with Crippen LogP contribution < -0.4 is 5.73 Å². The summed E-state index contributed by atoms with van der Waals surface area (Å²) in [7, 11) is -4.28. The van der Waals surface area contributed by atoms with Crippen LogP contribution in [0, 0.1) is 0 Å². The standard InChI is InChI=1S/C46H86NO7P/c1-3-5-7-9-11-13-15-17-19-21-22-23-24-26-28-30-32-34-36-38-41-51-43-45(44-53-55(49,50)52-42-40-47)54-46(48)39-37-35-33-31-29-27-25-20-18-16-14-12-10-8-6-4-2/h11,13,17,19-20,22-23,25,45H,3-10,12,14-16,18,21,24,26-44,47H2,1-2H3,(H,49,50)/b13-11-,19-17-,23-22-,25-20-. The molecular formula is C46H86NO7P. The first kappa shape index (κ1) is 53.5. The summed E-state index contributed by atoms with van der Waals surface area (Å²) in [4.78, 5) is 22.5. The second kappa shape index (κ2) is 43.6. The number of carbonyl (C=O) groups excluding carboxylic acids is 1. The molecule has 0 fully saturated rings. The number of unbranched alkanes of at least 4 members (excludes halogenated alkanes) is 22. The summed E-state index contributed by atoms with van der Waals surface area (Å²) < 4.78 is 33.5. The predicted molar refractivity (Wildman–Crippen MR) is 233 cm³/mol. The van der Waals surface area contributed by atoms with Crippen molar-refractivity contribution in [2.75, 3.05) is 33.0 Å². The van der Waals surface area contributed by atoms with E-state index in [1.54, 1.807) is 0 Å². The van der Waals surface area contributed by atoms with Gasteiger partial charge in [0.15, 0.2) is 0 Å². The first-order valence-corrected chi connectivity index (χ1v) is 24.1. The summed E-state index contributed by atoms with van der Waals surface area (Å²) in [6.45, 7) is 4.87. The maximum atomic E-state index is 12.6. The van der Waals surface area contributed by atoms with Gasteiger partial charge >= 0.3 is 13.8 Å². The van der Waals surface area contributed by atoms with Crippen molar-refractivity contribution in [1.29, 1.82) is 0 Å². The summed E-state index contributed by atoms with van der Waals surface area (Å²) in [5.74, 6) is -0.343. The fourth-order valence-electron chi connectivity index (χ4n) is 6.12. The Hall–Kier alpha value is -1.54. The Bertz CT molecular complexity index is 983. The Morgan fingerprint density at radius 1 is 0.545 bits per heavy atom. The summed E-state index contributed by atoms with van der Waals surface area (Å²) >= 11 is 0. The number of hydrogen-bond acceptors (Lipinski definition) is 7. The minimum absolute atomic E-state index is 0.0960. The molecule has 322 valence electrons. The molecule has 55 heavy (non-hydrogen) atoms. The maximum Gasteiger partial charge on any atom is 0.472 e. The summed E-state index contributed by atoms with van der Waals surface area (Å²) in [5, 5.41) is 0. The molecule has 0 rings (SSSR count). The normalized spacial score (nSPS) is 13.9. The lowest BCUT2D eigenvalue weighted by atomic mass is 10.1. The smallest absolute Gasteiger partial charge is 0.457 e. The van der Waals surface area contributed by atoms with E-state index in [0.29, 0.717) is 13.0 Å². The number of phosphoric acid groups is 1. The summed E-state index contributed by atoms with van der Waals surface area (Å²) in [6.07, 6.45) is 51.2. The summed E-state index contributed by atoms with van der Waals surface area (Å²) in [6, 6.07) is 0. The zero-order valence-electron chi connectivity index (χ0n) is 35.7. The van der Waals surface area contributed by atoms with Gasteiger partial charge in [0.25, 0.3) is 0 Å². The van der Waals surface area contributed by atoms with Gasteiger partial charge in [-0.15, -0.1) is 0 Å². The Balaban J connectivity index is 4.04. The van der Waals surface area contributed by atoms with E-state index < -0.39 is 13.9 Å². The Kier molecular flexibility index (Phi) is 42.4. The van der Waals surface area contributed by atoms with Crippen molar-refractivity contribution in [2.45, 2.75) is 206 Å². The zero-order valence-corrected chi connectivity index (χ0v) is 36.6.